The molecule has 5 rings (SSSR count). The van der Waals surface area contributed by atoms with E-state index in [1.807, 2.05) is 0 Å². The van der Waals surface area contributed by atoms with Crippen molar-refractivity contribution >= 4 is 35.8 Å². The third kappa shape index (κ3) is 6.26. The Balaban J connectivity index is 1.96. The second kappa shape index (κ2) is 13.9. The van der Waals surface area contributed by atoms with Gasteiger partial charge in [0.2, 0.25) is 0 Å². The number of aliphatic hydroxyl groups excluding tert-OH is 1. The van der Waals surface area contributed by atoms with Crippen molar-refractivity contribution in [2.75, 3.05) is 13.2 Å². The minimum absolute atomic E-state index is 0.105. The molecule has 2 saturated carbocycles. The molecule has 0 radical (unpaired) electrons. The van der Waals surface area contributed by atoms with E-state index in [1.165, 1.54) is 26.0 Å². The lowest BCUT2D eigenvalue weighted by molar-refractivity contribution is -0.365. The molecule has 0 amide bonds. The molecule has 1 saturated heterocycles. The molecule has 10 atom stereocenters. The van der Waals surface area contributed by atoms with E-state index >= 15 is 0 Å². The van der Waals surface area contributed by atoms with Crippen molar-refractivity contribution in [1.29, 1.82) is 0 Å². The maximum absolute atomic E-state index is 14.2. The number of ether oxygens (including phenoxy) is 7. The van der Waals surface area contributed by atoms with Gasteiger partial charge >= 0.3 is 35.8 Å². The van der Waals surface area contributed by atoms with Crippen LogP contribution in [-0.4, -0.2) is 107 Å². The Kier molecular flexibility index (Phi) is 10.4. The highest BCUT2D eigenvalue weighted by molar-refractivity contribution is 5.89. The highest BCUT2D eigenvalue weighted by atomic mass is 16.6. The standard InChI is InChI=1S/C37H46O15/c1-18-24(47-19(2)39)15-37(45)32(51-33(44)23-12-10-9-11-13-23)30-35(8,25(48-20(3)40)14-26-36(30,17-46-26)52-22(5)42)31(49-21(4)41)29(50-27(43)16-38)28(18)34(37,6)7/h9-13,24-26,29-32,38,45H,14-17H2,1-8H3. The summed E-state index contributed by atoms with van der Waals surface area (Å²) in [5.41, 5.74) is -6.80. The number of carbonyl (C=O) groups is 6. The molecule has 1 aromatic carbocycles. The predicted molar refractivity (Wildman–Crippen MR) is 176 cm³/mol. The Morgan fingerprint density at radius 3 is 1.96 bits per heavy atom. The number of aliphatic hydroxyl groups is 2. The fourth-order valence-corrected chi connectivity index (χ4v) is 9.16. The number of benzene rings is 1. The third-order valence-corrected chi connectivity index (χ3v) is 11.4. The number of fused-ring (bicyclic) bond motifs is 5. The Morgan fingerprint density at radius 1 is 0.827 bits per heavy atom. The summed E-state index contributed by atoms with van der Waals surface area (Å²) in [6.07, 6.45) is -8.91. The van der Waals surface area contributed by atoms with Gasteiger partial charge in [-0.25, -0.2) is 9.59 Å². The van der Waals surface area contributed by atoms with Crippen molar-refractivity contribution < 1.29 is 72.1 Å². The number of hydrogen-bond donors (Lipinski definition) is 2. The molecule has 3 aliphatic carbocycles. The summed E-state index contributed by atoms with van der Waals surface area (Å²) in [5, 5.41) is 23.4. The molecular formula is C37H46O15. The van der Waals surface area contributed by atoms with Crippen LogP contribution >= 0.6 is 0 Å². The maximum atomic E-state index is 14.2. The van der Waals surface area contributed by atoms with Gasteiger partial charge in [-0.15, -0.1) is 0 Å². The molecular weight excluding hydrogens is 684 g/mol. The fraction of sp³-hybridized carbons (Fsp3) is 0.622. The second-order valence-electron chi connectivity index (χ2n) is 14.8. The average molecular weight is 731 g/mol. The average Bonchev–Trinajstić information content (AvgIpc) is 3.04. The summed E-state index contributed by atoms with van der Waals surface area (Å²) in [6.45, 7) is 9.61. The van der Waals surface area contributed by atoms with Crippen LogP contribution in [0.1, 0.15) is 78.6 Å². The first kappa shape index (κ1) is 38.9. The molecule has 1 aromatic rings. The van der Waals surface area contributed by atoms with Crippen LogP contribution in [0.5, 0.6) is 0 Å². The van der Waals surface area contributed by atoms with Crippen LogP contribution < -0.4 is 0 Å². The number of hydrogen-bond acceptors (Lipinski definition) is 15. The Hall–Kier alpha value is -4.34. The van der Waals surface area contributed by atoms with Crippen molar-refractivity contribution in [3.8, 4) is 0 Å². The number of carbonyl (C=O) groups excluding carboxylic acids is 6. The highest BCUT2D eigenvalue weighted by Gasteiger charge is 2.79. The molecule has 4 aliphatic rings. The highest BCUT2D eigenvalue weighted by Crippen LogP contribution is 2.66. The molecule has 1 heterocycles. The van der Waals surface area contributed by atoms with Crippen LogP contribution in [0.25, 0.3) is 0 Å². The monoisotopic (exact) mass is 730 g/mol. The summed E-state index contributed by atoms with van der Waals surface area (Å²) < 4.78 is 42.3. The largest absolute Gasteiger partial charge is 0.462 e. The van der Waals surface area contributed by atoms with Gasteiger partial charge in [0.25, 0.3) is 0 Å². The first-order valence-corrected chi connectivity index (χ1v) is 17.1. The summed E-state index contributed by atoms with van der Waals surface area (Å²) in [6, 6.07) is 7.93. The van der Waals surface area contributed by atoms with E-state index in [1.54, 1.807) is 45.9 Å². The molecule has 3 fully saturated rings. The van der Waals surface area contributed by atoms with E-state index in [9.17, 15) is 39.0 Å². The lowest BCUT2D eigenvalue weighted by Gasteiger charge is -2.69. The quantitative estimate of drug-likeness (QED) is 0.223. The first-order chi connectivity index (χ1) is 24.2. The Labute approximate surface area is 300 Å². The van der Waals surface area contributed by atoms with Gasteiger partial charge in [-0.2, -0.15) is 0 Å². The lowest BCUT2D eigenvalue weighted by Crippen LogP contribution is -2.83. The SMILES string of the molecule is CC(=O)OC1CC2(O)C(OC(=O)c3ccccc3)C3C4(OC(C)=O)COC4CC(OC(C)=O)C3(C)C(OC(C)=O)C(OC(=O)CO)C(=C1C)C2(C)C. The van der Waals surface area contributed by atoms with Crippen molar-refractivity contribution in [2.24, 2.45) is 16.7 Å². The van der Waals surface area contributed by atoms with E-state index in [-0.39, 0.29) is 30.6 Å². The van der Waals surface area contributed by atoms with Crippen LogP contribution in [-0.2, 0) is 57.1 Å². The molecule has 2 bridgehead atoms. The van der Waals surface area contributed by atoms with Crippen molar-refractivity contribution in [2.45, 2.75) is 116 Å². The van der Waals surface area contributed by atoms with Crippen molar-refractivity contribution in [3.63, 3.8) is 0 Å². The van der Waals surface area contributed by atoms with Gasteiger partial charge in [0.05, 0.1) is 23.5 Å². The van der Waals surface area contributed by atoms with Gasteiger partial charge in [0, 0.05) is 46.0 Å². The second-order valence-corrected chi connectivity index (χ2v) is 14.8. The smallest absolute Gasteiger partial charge is 0.338 e. The van der Waals surface area contributed by atoms with E-state index in [4.69, 9.17) is 33.2 Å². The zero-order valence-electron chi connectivity index (χ0n) is 30.5. The summed E-state index contributed by atoms with van der Waals surface area (Å²) in [5.74, 6) is -6.54. The minimum atomic E-state index is -2.26. The van der Waals surface area contributed by atoms with Gasteiger partial charge in [-0.05, 0) is 30.2 Å². The first-order valence-electron chi connectivity index (χ1n) is 17.1. The van der Waals surface area contributed by atoms with Crippen LogP contribution in [0.3, 0.4) is 0 Å². The van der Waals surface area contributed by atoms with Crippen molar-refractivity contribution in [3.05, 3.63) is 47.0 Å². The third-order valence-electron chi connectivity index (χ3n) is 11.4. The number of esters is 6. The molecule has 15 nitrogen and oxygen atoms in total. The van der Waals surface area contributed by atoms with Gasteiger partial charge < -0.3 is 43.4 Å². The summed E-state index contributed by atoms with van der Waals surface area (Å²) >= 11 is 0. The molecule has 0 aromatic heterocycles. The maximum Gasteiger partial charge on any atom is 0.338 e. The molecule has 15 heteroatoms. The molecule has 284 valence electrons. The van der Waals surface area contributed by atoms with Gasteiger partial charge in [-0.3, -0.25) is 19.2 Å². The Morgan fingerprint density at radius 2 is 1.44 bits per heavy atom. The zero-order chi connectivity index (χ0) is 38.6. The van der Waals surface area contributed by atoms with Crippen LogP contribution in [0.15, 0.2) is 41.5 Å². The number of rotatable bonds is 8. The van der Waals surface area contributed by atoms with Gasteiger partial charge in [0.1, 0.15) is 36.6 Å². The summed E-state index contributed by atoms with van der Waals surface area (Å²) in [7, 11) is 0. The van der Waals surface area contributed by atoms with E-state index in [0.29, 0.717) is 5.57 Å². The van der Waals surface area contributed by atoms with Crippen LogP contribution in [0, 0.1) is 16.7 Å². The molecule has 1 aliphatic heterocycles. The minimum Gasteiger partial charge on any atom is -0.462 e. The molecule has 10 unspecified atom stereocenters. The predicted octanol–water partition coefficient (Wildman–Crippen LogP) is 2.13. The van der Waals surface area contributed by atoms with E-state index in [0.717, 1.165) is 13.8 Å². The zero-order valence-corrected chi connectivity index (χ0v) is 30.5. The normalized spacial score (nSPS) is 35.8. The van der Waals surface area contributed by atoms with Crippen LogP contribution in [0.4, 0.5) is 0 Å². The van der Waals surface area contributed by atoms with E-state index < -0.39 is 107 Å². The Bertz CT molecular complexity index is 1670. The van der Waals surface area contributed by atoms with Crippen molar-refractivity contribution in [1.82, 2.24) is 0 Å². The topological polar surface area (TPSA) is 207 Å². The van der Waals surface area contributed by atoms with Crippen LogP contribution in [0.2, 0.25) is 0 Å². The van der Waals surface area contributed by atoms with E-state index in [2.05, 4.69) is 0 Å². The van der Waals surface area contributed by atoms with Gasteiger partial charge in [0.15, 0.2) is 17.8 Å². The summed E-state index contributed by atoms with van der Waals surface area (Å²) in [4.78, 5) is 78.8. The fourth-order valence-electron chi connectivity index (χ4n) is 9.16. The molecule has 2 N–H and O–H groups in total. The molecule has 52 heavy (non-hydrogen) atoms. The molecule has 0 spiro atoms. The lowest BCUT2D eigenvalue weighted by atomic mass is 9.44. The van der Waals surface area contributed by atoms with Gasteiger partial charge in [-0.1, -0.05) is 39.0 Å².